The second kappa shape index (κ2) is 7.29. The number of nitro benzene ring substituents is 1. The summed E-state index contributed by atoms with van der Waals surface area (Å²) in [6, 6.07) is 7.23. The smallest absolute Gasteiger partial charge is 0.269 e. The molecule has 1 N–H and O–H groups in total. The molecule has 0 aliphatic rings. The van der Waals surface area contributed by atoms with Crippen molar-refractivity contribution in [3.05, 3.63) is 34.4 Å². The lowest BCUT2D eigenvalue weighted by Gasteiger charge is -2.11. The summed E-state index contributed by atoms with van der Waals surface area (Å²) in [5, 5.41) is 13.8. The van der Waals surface area contributed by atoms with E-state index in [0.717, 1.165) is 23.6 Å². The van der Waals surface area contributed by atoms with Crippen molar-refractivity contribution in [2.24, 2.45) is 0 Å². The van der Waals surface area contributed by atoms with Crippen LogP contribution in [0, 0.1) is 10.1 Å². The van der Waals surface area contributed by atoms with Crippen LogP contribution in [0.3, 0.4) is 0 Å². The van der Waals surface area contributed by atoms with Crippen molar-refractivity contribution in [1.82, 2.24) is 5.32 Å². The molecule has 4 nitrogen and oxygen atoms in total. The summed E-state index contributed by atoms with van der Waals surface area (Å²) in [5.74, 6) is 1.02. The van der Waals surface area contributed by atoms with Crippen LogP contribution >= 0.6 is 11.8 Å². The molecule has 0 saturated heterocycles. The lowest BCUT2D eigenvalue weighted by atomic mass is 10.3. The number of hydrogen-bond donors (Lipinski definition) is 1. The van der Waals surface area contributed by atoms with Crippen molar-refractivity contribution >= 4 is 17.4 Å². The number of hydrogen-bond acceptors (Lipinski definition) is 4. The van der Waals surface area contributed by atoms with E-state index < -0.39 is 0 Å². The van der Waals surface area contributed by atoms with Crippen LogP contribution < -0.4 is 5.32 Å². The Morgan fingerprint density at radius 1 is 1.41 bits per heavy atom. The highest BCUT2D eigenvalue weighted by Crippen LogP contribution is 2.22. The summed E-state index contributed by atoms with van der Waals surface area (Å²) in [7, 11) is 0. The lowest BCUT2D eigenvalue weighted by Crippen LogP contribution is -2.25. The zero-order chi connectivity index (χ0) is 12.7. The van der Waals surface area contributed by atoms with Gasteiger partial charge in [0.15, 0.2) is 0 Å². The van der Waals surface area contributed by atoms with Gasteiger partial charge in [-0.1, -0.05) is 6.92 Å². The Labute approximate surface area is 106 Å². The molecule has 0 aliphatic heterocycles. The quantitative estimate of drug-likeness (QED) is 0.461. The minimum atomic E-state index is -0.373. The van der Waals surface area contributed by atoms with Crippen LogP contribution in [-0.2, 0) is 0 Å². The van der Waals surface area contributed by atoms with Gasteiger partial charge >= 0.3 is 0 Å². The van der Waals surface area contributed by atoms with Crippen molar-refractivity contribution in [3.63, 3.8) is 0 Å². The maximum atomic E-state index is 10.5. The van der Waals surface area contributed by atoms with Gasteiger partial charge in [-0.25, -0.2) is 0 Å². The number of rotatable bonds is 7. The van der Waals surface area contributed by atoms with Gasteiger partial charge in [0, 0.05) is 23.1 Å². The highest BCUT2D eigenvalue weighted by Gasteiger charge is 2.04. The van der Waals surface area contributed by atoms with Crippen LogP contribution in [-0.4, -0.2) is 23.3 Å². The van der Waals surface area contributed by atoms with E-state index in [-0.39, 0.29) is 10.6 Å². The third kappa shape index (κ3) is 5.19. The number of nitrogens with zero attached hydrogens (tertiary/aromatic N) is 1. The van der Waals surface area contributed by atoms with Gasteiger partial charge < -0.3 is 5.32 Å². The molecule has 1 unspecified atom stereocenters. The summed E-state index contributed by atoms with van der Waals surface area (Å²) in [6.45, 7) is 5.25. The topological polar surface area (TPSA) is 55.2 Å². The minimum Gasteiger partial charge on any atom is -0.315 e. The molecule has 17 heavy (non-hydrogen) atoms. The summed E-state index contributed by atoms with van der Waals surface area (Å²) >= 11 is 1.73. The van der Waals surface area contributed by atoms with E-state index >= 15 is 0 Å². The third-order valence-corrected chi connectivity index (χ3v) is 3.47. The molecule has 0 aliphatic carbocycles. The van der Waals surface area contributed by atoms with E-state index in [9.17, 15) is 10.1 Å². The zero-order valence-electron chi connectivity index (χ0n) is 10.2. The van der Waals surface area contributed by atoms with Gasteiger partial charge in [-0.15, -0.1) is 11.8 Å². The first kappa shape index (κ1) is 14.0. The molecule has 0 radical (unpaired) electrons. The van der Waals surface area contributed by atoms with Crippen LogP contribution in [0.15, 0.2) is 29.2 Å². The number of thioether (sulfide) groups is 1. The normalized spacial score (nSPS) is 12.4. The SMILES string of the molecule is CCNC(C)CCSc1ccc([N+](=O)[O-])cc1. The van der Waals surface area contributed by atoms with Gasteiger partial charge in [0.25, 0.3) is 5.69 Å². The molecule has 1 aromatic rings. The predicted octanol–water partition coefficient (Wildman–Crippen LogP) is 3.08. The summed E-state index contributed by atoms with van der Waals surface area (Å²) in [6.07, 6.45) is 1.09. The fraction of sp³-hybridized carbons (Fsp3) is 0.500. The molecular formula is C12H18N2O2S. The molecule has 5 heteroatoms. The Bertz CT molecular complexity index is 354. The van der Waals surface area contributed by atoms with Crippen LogP contribution in [0.1, 0.15) is 20.3 Å². The van der Waals surface area contributed by atoms with Crippen LogP contribution in [0.2, 0.25) is 0 Å². The molecule has 0 fully saturated rings. The second-order valence-corrected chi connectivity index (χ2v) is 5.02. The average Bonchev–Trinajstić information content (AvgIpc) is 2.30. The Hall–Kier alpha value is -1.07. The first-order valence-corrected chi connectivity index (χ1v) is 6.72. The summed E-state index contributed by atoms with van der Waals surface area (Å²) in [4.78, 5) is 11.2. The maximum Gasteiger partial charge on any atom is 0.269 e. The van der Waals surface area contributed by atoms with Gasteiger partial charge in [0.2, 0.25) is 0 Å². The van der Waals surface area contributed by atoms with E-state index in [2.05, 4.69) is 19.2 Å². The van der Waals surface area contributed by atoms with Crippen molar-refractivity contribution in [3.8, 4) is 0 Å². The molecule has 0 bridgehead atoms. The molecule has 0 saturated carbocycles. The maximum absolute atomic E-state index is 10.5. The Balaban J connectivity index is 2.34. The third-order valence-electron chi connectivity index (χ3n) is 2.42. The van der Waals surface area contributed by atoms with E-state index in [4.69, 9.17) is 0 Å². The summed E-state index contributed by atoms with van der Waals surface area (Å²) < 4.78 is 0. The fourth-order valence-corrected chi connectivity index (χ4v) is 2.50. The minimum absolute atomic E-state index is 0.148. The van der Waals surface area contributed by atoms with Gasteiger partial charge in [0.05, 0.1) is 4.92 Å². The first-order chi connectivity index (χ1) is 8.13. The van der Waals surface area contributed by atoms with Crippen molar-refractivity contribution in [2.45, 2.75) is 31.2 Å². The predicted molar refractivity (Wildman–Crippen MR) is 71.6 cm³/mol. The van der Waals surface area contributed by atoms with E-state index in [1.807, 2.05) is 0 Å². The number of non-ortho nitro benzene ring substituents is 1. The number of benzene rings is 1. The molecule has 1 atom stereocenters. The Morgan fingerprint density at radius 2 is 2.06 bits per heavy atom. The first-order valence-electron chi connectivity index (χ1n) is 5.74. The molecule has 0 heterocycles. The van der Waals surface area contributed by atoms with Crippen molar-refractivity contribution in [1.29, 1.82) is 0 Å². The van der Waals surface area contributed by atoms with Gasteiger partial charge in [-0.3, -0.25) is 10.1 Å². The standard InChI is InChI=1S/C12H18N2O2S/c1-3-13-10(2)8-9-17-12-6-4-11(5-7-12)14(15)16/h4-7,10,13H,3,8-9H2,1-2H3. The van der Waals surface area contributed by atoms with Gasteiger partial charge in [-0.05, 0) is 37.8 Å². The lowest BCUT2D eigenvalue weighted by molar-refractivity contribution is -0.384. The zero-order valence-corrected chi connectivity index (χ0v) is 11.0. The molecule has 94 valence electrons. The van der Waals surface area contributed by atoms with Crippen molar-refractivity contribution < 1.29 is 4.92 Å². The molecular weight excluding hydrogens is 236 g/mol. The Morgan fingerprint density at radius 3 is 2.59 bits per heavy atom. The van der Waals surface area contributed by atoms with Crippen molar-refractivity contribution in [2.75, 3.05) is 12.3 Å². The summed E-state index contributed by atoms with van der Waals surface area (Å²) in [5.41, 5.74) is 0.148. The molecule has 1 rings (SSSR count). The molecule has 0 amide bonds. The van der Waals surface area contributed by atoms with E-state index in [1.54, 1.807) is 36.0 Å². The number of nitrogens with one attached hydrogen (secondary N) is 1. The van der Waals surface area contributed by atoms with Crippen LogP contribution in [0.4, 0.5) is 5.69 Å². The van der Waals surface area contributed by atoms with Crippen LogP contribution in [0.25, 0.3) is 0 Å². The number of nitro groups is 1. The molecule has 1 aromatic carbocycles. The van der Waals surface area contributed by atoms with E-state index in [0.29, 0.717) is 6.04 Å². The molecule has 0 aromatic heterocycles. The second-order valence-electron chi connectivity index (χ2n) is 3.85. The fourth-order valence-electron chi connectivity index (χ4n) is 1.47. The monoisotopic (exact) mass is 254 g/mol. The molecule has 0 spiro atoms. The van der Waals surface area contributed by atoms with Gasteiger partial charge in [0.1, 0.15) is 0 Å². The Kier molecular flexibility index (Phi) is 6.00. The highest BCUT2D eigenvalue weighted by molar-refractivity contribution is 7.99. The average molecular weight is 254 g/mol. The van der Waals surface area contributed by atoms with Gasteiger partial charge in [-0.2, -0.15) is 0 Å². The van der Waals surface area contributed by atoms with Crippen LogP contribution in [0.5, 0.6) is 0 Å². The van der Waals surface area contributed by atoms with E-state index in [1.165, 1.54) is 0 Å². The largest absolute Gasteiger partial charge is 0.315 e. The highest BCUT2D eigenvalue weighted by atomic mass is 32.2.